The van der Waals surface area contributed by atoms with Crippen LogP contribution in [0.1, 0.15) is 53.4 Å². The molecule has 4 rings (SSSR count). The molecule has 1 aliphatic heterocycles. The van der Waals surface area contributed by atoms with Gasteiger partial charge in [-0.05, 0) is 62.4 Å². The van der Waals surface area contributed by atoms with Crippen LogP contribution in [0.15, 0.2) is 78.9 Å². The number of aryl methyl sites for hydroxylation is 1. The summed E-state index contributed by atoms with van der Waals surface area (Å²) in [5, 5.41) is 17.5. The summed E-state index contributed by atoms with van der Waals surface area (Å²) < 4.78 is 4.96. The number of carbonyl (C=O) groups excluding carboxylic acids is 3. The molecule has 0 saturated carbocycles. The van der Waals surface area contributed by atoms with E-state index in [0.717, 1.165) is 16.7 Å². The summed E-state index contributed by atoms with van der Waals surface area (Å²) in [7, 11) is 0. The van der Waals surface area contributed by atoms with Crippen molar-refractivity contribution in [1.29, 1.82) is 0 Å². The molecule has 3 unspecified atom stereocenters. The van der Waals surface area contributed by atoms with Gasteiger partial charge in [0.1, 0.15) is 6.04 Å². The lowest BCUT2D eigenvalue weighted by Crippen LogP contribution is -2.58. The van der Waals surface area contributed by atoms with Crippen LogP contribution in [0.3, 0.4) is 0 Å². The summed E-state index contributed by atoms with van der Waals surface area (Å²) >= 11 is 1.48. The number of ether oxygens (including phenoxy) is 1. The van der Waals surface area contributed by atoms with Crippen LogP contribution in [0.5, 0.6) is 0 Å². The van der Waals surface area contributed by atoms with Crippen LogP contribution in [0, 0.1) is 6.92 Å². The summed E-state index contributed by atoms with van der Waals surface area (Å²) in [6.45, 7) is 8.82. The number of aliphatic hydroxyl groups excluding tert-OH is 1. The van der Waals surface area contributed by atoms with Crippen molar-refractivity contribution in [2.45, 2.75) is 70.2 Å². The van der Waals surface area contributed by atoms with Gasteiger partial charge in [-0.1, -0.05) is 72.8 Å². The van der Waals surface area contributed by atoms with Crippen molar-refractivity contribution < 1.29 is 24.2 Å². The van der Waals surface area contributed by atoms with Gasteiger partial charge >= 0.3 is 0 Å². The van der Waals surface area contributed by atoms with Crippen LogP contribution in [0.4, 0.5) is 0 Å². The quantitative estimate of drug-likeness (QED) is 0.286. The van der Waals surface area contributed by atoms with Gasteiger partial charge in [0.15, 0.2) is 6.10 Å². The molecule has 0 radical (unpaired) electrons. The number of amides is 3. The van der Waals surface area contributed by atoms with Crippen molar-refractivity contribution in [3.8, 4) is 0 Å². The number of benzene rings is 3. The predicted molar refractivity (Wildman–Crippen MR) is 169 cm³/mol. The van der Waals surface area contributed by atoms with E-state index in [4.69, 9.17) is 4.74 Å². The topological polar surface area (TPSA) is 108 Å². The Morgan fingerprint density at radius 1 is 1.00 bits per heavy atom. The molecular formula is C34H41N3O5S. The van der Waals surface area contributed by atoms with Gasteiger partial charge < -0.3 is 25.4 Å². The molecule has 228 valence electrons. The first-order chi connectivity index (χ1) is 20.6. The molecule has 0 spiro atoms. The fraction of sp³-hybridized carbons (Fsp3) is 0.382. The third-order valence-electron chi connectivity index (χ3n) is 7.76. The molecule has 3 amide bonds. The predicted octanol–water partition coefficient (Wildman–Crippen LogP) is 4.23. The molecular weight excluding hydrogens is 562 g/mol. The number of rotatable bonds is 12. The second kappa shape index (κ2) is 14.7. The lowest BCUT2D eigenvalue weighted by molar-refractivity contribution is -0.147. The van der Waals surface area contributed by atoms with Gasteiger partial charge in [0.2, 0.25) is 5.91 Å². The lowest BCUT2D eigenvalue weighted by atomic mass is 9.96. The number of nitrogens with one attached hydrogen (secondary N) is 2. The van der Waals surface area contributed by atoms with Crippen molar-refractivity contribution >= 4 is 29.5 Å². The summed E-state index contributed by atoms with van der Waals surface area (Å²) in [6.07, 6.45) is -1.36. The molecule has 3 aromatic carbocycles. The summed E-state index contributed by atoms with van der Waals surface area (Å²) in [4.78, 5) is 42.5. The Morgan fingerprint density at radius 3 is 2.35 bits per heavy atom. The van der Waals surface area contributed by atoms with E-state index in [1.54, 1.807) is 12.1 Å². The van der Waals surface area contributed by atoms with E-state index in [9.17, 15) is 19.5 Å². The molecule has 3 atom stereocenters. The average Bonchev–Trinajstić information content (AvgIpc) is 3.33. The standard InChI is InChI=1S/C34H41N3O5S/c1-5-42-21-26-17-11-12-18-27(26)31(39)36-28(19-24-14-7-6-8-15-24)29(38)33(41)37-22-43-34(3,4)30(37)32(40)35-20-25-16-10-9-13-23(25)2/h6-18,28-30,38H,5,19-22H2,1-4H3,(H,35,40)(H,36,39). The minimum atomic E-state index is -1.58. The van der Waals surface area contributed by atoms with Gasteiger partial charge in [-0.15, -0.1) is 11.8 Å². The first kappa shape index (κ1) is 32.3. The highest BCUT2D eigenvalue weighted by molar-refractivity contribution is 8.00. The van der Waals surface area contributed by atoms with Gasteiger partial charge in [0, 0.05) is 23.5 Å². The van der Waals surface area contributed by atoms with E-state index in [0.29, 0.717) is 24.3 Å². The Morgan fingerprint density at radius 2 is 1.65 bits per heavy atom. The molecule has 1 saturated heterocycles. The Bertz CT molecular complexity index is 1410. The third kappa shape index (κ3) is 8.04. The van der Waals surface area contributed by atoms with E-state index < -0.39 is 34.7 Å². The maximum atomic E-state index is 13.9. The number of hydrogen-bond donors (Lipinski definition) is 3. The Kier molecular flexibility index (Phi) is 11.0. The molecule has 3 N–H and O–H groups in total. The van der Waals surface area contributed by atoms with Gasteiger partial charge in [-0.2, -0.15) is 0 Å². The first-order valence-electron chi connectivity index (χ1n) is 14.6. The van der Waals surface area contributed by atoms with E-state index >= 15 is 0 Å². The number of carbonyl (C=O) groups is 3. The zero-order chi connectivity index (χ0) is 31.0. The van der Waals surface area contributed by atoms with Gasteiger partial charge in [-0.3, -0.25) is 14.4 Å². The zero-order valence-corrected chi connectivity index (χ0v) is 26.0. The Hall–Kier alpha value is -3.66. The average molecular weight is 604 g/mol. The molecule has 1 fully saturated rings. The lowest BCUT2D eigenvalue weighted by Gasteiger charge is -2.33. The maximum absolute atomic E-state index is 13.9. The van der Waals surface area contributed by atoms with Crippen LogP contribution in [-0.4, -0.2) is 63.1 Å². The van der Waals surface area contributed by atoms with Crippen LogP contribution in [-0.2, 0) is 33.9 Å². The number of hydrogen-bond acceptors (Lipinski definition) is 6. The molecule has 43 heavy (non-hydrogen) atoms. The Balaban J connectivity index is 1.55. The molecule has 1 heterocycles. The number of aliphatic hydroxyl groups is 1. The maximum Gasteiger partial charge on any atom is 0.254 e. The van der Waals surface area contributed by atoms with E-state index in [1.165, 1.54) is 16.7 Å². The van der Waals surface area contributed by atoms with Crippen molar-refractivity contribution in [3.05, 3.63) is 107 Å². The number of nitrogens with zero attached hydrogens (tertiary/aromatic N) is 1. The largest absolute Gasteiger partial charge is 0.381 e. The molecule has 8 nitrogen and oxygen atoms in total. The first-order valence-corrected chi connectivity index (χ1v) is 15.6. The molecule has 0 bridgehead atoms. The highest BCUT2D eigenvalue weighted by atomic mass is 32.2. The number of thioether (sulfide) groups is 1. The second-order valence-corrected chi connectivity index (χ2v) is 12.8. The normalized spacial score (nSPS) is 17.2. The zero-order valence-electron chi connectivity index (χ0n) is 25.2. The summed E-state index contributed by atoms with van der Waals surface area (Å²) in [6, 6.07) is 22.6. The van der Waals surface area contributed by atoms with Gasteiger partial charge in [0.05, 0.1) is 18.5 Å². The highest BCUT2D eigenvalue weighted by Crippen LogP contribution is 2.40. The fourth-order valence-corrected chi connectivity index (χ4v) is 6.42. The van der Waals surface area contributed by atoms with Crippen molar-refractivity contribution in [3.63, 3.8) is 0 Å². The summed E-state index contributed by atoms with van der Waals surface area (Å²) in [5.41, 5.74) is 4.04. The van der Waals surface area contributed by atoms with E-state index in [-0.39, 0.29) is 24.8 Å². The van der Waals surface area contributed by atoms with Crippen molar-refractivity contribution in [2.24, 2.45) is 0 Å². The van der Waals surface area contributed by atoms with Crippen LogP contribution in [0.25, 0.3) is 0 Å². The molecule has 3 aromatic rings. The van der Waals surface area contributed by atoms with Crippen molar-refractivity contribution in [2.75, 3.05) is 12.5 Å². The summed E-state index contributed by atoms with van der Waals surface area (Å²) in [5.74, 6) is -1.05. The molecule has 0 aliphatic carbocycles. The van der Waals surface area contributed by atoms with E-state index in [2.05, 4.69) is 10.6 Å². The minimum absolute atomic E-state index is 0.224. The van der Waals surface area contributed by atoms with Crippen molar-refractivity contribution in [1.82, 2.24) is 15.5 Å². The molecule has 0 aromatic heterocycles. The Labute approximate surface area is 258 Å². The van der Waals surface area contributed by atoms with Crippen LogP contribution < -0.4 is 10.6 Å². The smallest absolute Gasteiger partial charge is 0.254 e. The van der Waals surface area contributed by atoms with E-state index in [1.807, 2.05) is 94.4 Å². The van der Waals surface area contributed by atoms with Gasteiger partial charge in [-0.25, -0.2) is 0 Å². The van der Waals surface area contributed by atoms with Crippen LogP contribution >= 0.6 is 11.8 Å². The monoisotopic (exact) mass is 603 g/mol. The SMILES string of the molecule is CCOCc1ccccc1C(=O)NC(Cc1ccccc1)C(O)C(=O)N1CSC(C)(C)C1C(=O)NCc1ccccc1C. The highest BCUT2D eigenvalue weighted by Gasteiger charge is 2.49. The molecule has 1 aliphatic rings. The van der Waals surface area contributed by atoms with Gasteiger partial charge in [0.25, 0.3) is 11.8 Å². The van der Waals surface area contributed by atoms with Crippen LogP contribution in [0.2, 0.25) is 0 Å². The third-order valence-corrected chi connectivity index (χ3v) is 9.14. The fourth-order valence-electron chi connectivity index (χ4n) is 5.28. The molecule has 9 heteroatoms. The second-order valence-electron chi connectivity index (χ2n) is 11.2. The minimum Gasteiger partial charge on any atom is -0.381 e.